The van der Waals surface area contributed by atoms with Gasteiger partial charge < -0.3 is 10.4 Å². The second-order valence-corrected chi connectivity index (χ2v) is 5.62. The van der Waals surface area contributed by atoms with Gasteiger partial charge in [0.15, 0.2) is 0 Å². The number of carboxylic acid groups (broad SMARTS) is 1. The molecule has 0 unspecified atom stereocenters. The molecule has 0 aromatic heterocycles. The van der Waals surface area contributed by atoms with Crippen molar-refractivity contribution in [2.75, 3.05) is 0 Å². The summed E-state index contributed by atoms with van der Waals surface area (Å²) in [6, 6.07) is 4.82. The summed E-state index contributed by atoms with van der Waals surface area (Å²) in [5.41, 5.74) is 1.96. The fourth-order valence-corrected chi connectivity index (χ4v) is 2.01. The van der Waals surface area contributed by atoms with E-state index in [4.69, 9.17) is 16.7 Å². The second kappa shape index (κ2) is 7.29. The van der Waals surface area contributed by atoms with Gasteiger partial charge in [0, 0.05) is 11.4 Å². The highest BCUT2D eigenvalue weighted by atomic mass is 35.5. The van der Waals surface area contributed by atoms with Crippen LogP contribution in [-0.4, -0.2) is 23.0 Å². The van der Waals surface area contributed by atoms with Crippen molar-refractivity contribution >= 4 is 23.5 Å². The molecule has 2 N–H and O–H groups in total. The third-order valence-electron chi connectivity index (χ3n) is 3.13. The zero-order valence-corrected chi connectivity index (χ0v) is 12.7. The molecule has 0 saturated heterocycles. The SMILES string of the molecule is Cc1ccc(CCC(=O)N[C@@H](C(=O)O)C(C)C)cc1Cl. The molecule has 4 nitrogen and oxygen atoms in total. The predicted molar refractivity (Wildman–Crippen MR) is 78.9 cm³/mol. The largest absolute Gasteiger partial charge is 0.480 e. The predicted octanol–water partition coefficient (Wildman–Crippen LogP) is 2.81. The number of aryl methyl sites for hydroxylation is 2. The molecule has 1 aromatic rings. The molecular weight excluding hydrogens is 278 g/mol. The average Bonchev–Trinajstić information content (AvgIpc) is 2.36. The molecule has 110 valence electrons. The van der Waals surface area contributed by atoms with Gasteiger partial charge >= 0.3 is 5.97 Å². The highest BCUT2D eigenvalue weighted by Crippen LogP contribution is 2.17. The van der Waals surface area contributed by atoms with Gasteiger partial charge in [-0.1, -0.05) is 37.6 Å². The Morgan fingerprint density at radius 1 is 1.35 bits per heavy atom. The molecule has 0 fully saturated rings. The van der Waals surface area contributed by atoms with Crippen molar-refractivity contribution in [2.24, 2.45) is 5.92 Å². The van der Waals surface area contributed by atoms with Crippen molar-refractivity contribution < 1.29 is 14.7 Å². The van der Waals surface area contributed by atoms with Crippen molar-refractivity contribution in [1.29, 1.82) is 0 Å². The van der Waals surface area contributed by atoms with E-state index < -0.39 is 12.0 Å². The summed E-state index contributed by atoms with van der Waals surface area (Å²) in [6.45, 7) is 5.44. The lowest BCUT2D eigenvalue weighted by Crippen LogP contribution is -2.44. The zero-order valence-electron chi connectivity index (χ0n) is 11.9. The summed E-state index contributed by atoms with van der Waals surface area (Å²) in [6.07, 6.45) is 0.784. The Balaban J connectivity index is 2.54. The van der Waals surface area contributed by atoms with Crippen LogP contribution in [0.15, 0.2) is 18.2 Å². The van der Waals surface area contributed by atoms with Gasteiger partial charge in [-0.15, -0.1) is 0 Å². The first-order valence-corrected chi connectivity index (χ1v) is 6.96. The minimum absolute atomic E-state index is 0.148. The van der Waals surface area contributed by atoms with E-state index in [-0.39, 0.29) is 18.2 Å². The average molecular weight is 298 g/mol. The maximum absolute atomic E-state index is 11.8. The lowest BCUT2D eigenvalue weighted by atomic mass is 10.0. The topological polar surface area (TPSA) is 66.4 Å². The molecule has 0 aliphatic heterocycles. The first-order valence-electron chi connectivity index (χ1n) is 6.58. The van der Waals surface area contributed by atoms with E-state index in [0.29, 0.717) is 11.4 Å². The van der Waals surface area contributed by atoms with E-state index in [9.17, 15) is 9.59 Å². The number of carbonyl (C=O) groups is 2. The van der Waals surface area contributed by atoms with E-state index in [1.165, 1.54) is 0 Å². The Morgan fingerprint density at radius 3 is 2.50 bits per heavy atom. The van der Waals surface area contributed by atoms with Crippen LogP contribution in [0.25, 0.3) is 0 Å². The standard InChI is InChI=1S/C15H20ClNO3/c1-9(2)14(15(19)20)17-13(18)7-6-11-5-4-10(3)12(16)8-11/h4-5,8-9,14H,6-7H2,1-3H3,(H,17,18)(H,19,20)/t14-/m1/s1. The van der Waals surface area contributed by atoms with Crippen molar-refractivity contribution in [3.8, 4) is 0 Å². The van der Waals surface area contributed by atoms with Crippen LogP contribution >= 0.6 is 11.6 Å². The number of benzene rings is 1. The molecule has 20 heavy (non-hydrogen) atoms. The molecule has 1 amide bonds. The molecule has 0 spiro atoms. The summed E-state index contributed by atoms with van der Waals surface area (Å²) in [5.74, 6) is -1.42. The van der Waals surface area contributed by atoms with Gasteiger partial charge in [-0.05, 0) is 36.5 Å². The Kier molecular flexibility index (Phi) is 6.02. The molecule has 0 saturated carbocycles. The Labute approximate surface area is 124 Å². The molecule has 1 atom stereocenters. The monoisotopic (exact) mass is 297 g/mol. The van der Waals surface area contributed by atoms with Crippen LogP contribution < -0.4 is 5.32 Å². The van der Waals surface area contributed by atoms with Gasteiger partial charge in [-0.2, -0.15) is 0 Å². The summed E-state index contributed by atoms with van der Waals surface area (Å²) in [5, 5.41) is 12.2. The van der Waals surface area contributed by atoms with E-state index >= 15 is 0 Å². The highest BCUT2D eigenvalue weighted by molar-refractivity contribution is 6.31. The summed E-state index contributed by atoms with van der Waals surface area (Å²) >= 11 is 6.02. The molecular formula is C15H20ClNO3. The lowest BCUT2D eigenvalue weighted by molar-refractivity contribution is -0.143. The molecule has 0 heterocycles. The van der Waals surface area contributed by atoms with Crippen molar-refractivity contribution in [3.05, 3.63) is 34.3 Å². The molecule has 1 rings (SSSR count). The number of nitrogens with one attached hydrogen (secondary N) is 1. The van der Waals surface area contributed by atoms with Gasteiger partial charge in [-0.3, -0.25) is 4.79 Å². The van der Waals surface area contributed by atoms with E-state index in [1.807, 2.05) is 25.1 Å². The Morgan fingerprint density at radius 2 is 2.00 bits per heavy atom. The first kappa shape index (κ1) is 16.5. The van der Waals surface area contributed by atoms with E-state index in [1.54, 1.807) is 13.8 Å². The van der Waals surface area contributed by atoms with Crippen molar-refractivity contribution in [2.45, 2.75) is 39.7 Å². The Hall–Kier alpha value is -1.55. The number of hydrogen-bond donors (Lipinski definition) is 2. The maximum Gasteiger partial charge on any atom is 0.326 e. The van der Waals surface area contributed by atoms with E-state index in [2.05, 4.69) is 5.32 Å². The molecule has 1 aromatic carbocycles. The third kappa shape index (κ3) is 4.85. The number of aliphatic carboxylic acids is 1. The van der Waals surface area contributed by atoms with Gasteiger partial charge in [0.25, 0.3) is 0 Å². The normalized spacial score (nSPS) is 12.2. The summed E-state index contributed by atoms with van der Waals surface area (Å²) in [4.78, 5) is 22.8. The lowest BCUT2D eigenvalue weighted by Gasteiger charge is -2.17. The van der Waals surface area contributed by atoms with Crippen LogP contribution in [0.3, 0.4) is 0 Å². The second-order valence-electron chi connectivity index (χ2n) is 5.21. The van der Waals surface area contributed by atoms with Crippen LogP contribution in [0.5, 0.6) is 0 Å². The van der Waals surface area contributed by atoms with Crippen LogP contribution in [0.4, 0.5) is 0 Å². The molecule has 5 heteroatoms. The number of halogens is 1. The fraction of sp³-hybridized carbons (Fsp3) is 0.467. The van der Waals surface area contributed by atoms with Gasteiger partial charge in [0.2, 0.25) is 5.91 Å². The first-order chi connectivity index (χ1) is 9.31. The van der Waals surface area contributed by atoms with Crippen molar-refractivity contribution in [1.82, 2.24) is 5.32 Å². The quantitative estimate of drug-likeness (QED) is 0.848. The molecule has 0 aliphatic carbocycles. The fourth-order valence-electron chi connectivity index (χ4n) is 1.81. The van der Waals surface area contributed by atoms with E-state index in [0.717, 1.165) is 11.1 Å². The number of carboxylic acids is 1. The van der Waals surface area contributed by atoms with Crippen LogP contribution in [0.2, 0.25) is 5.02 Å². The highest BCUT2D eigenvalue weighted by Gasteiger charge is 2.22. The maximum atomic E-state index is 11.8. The summed E-state index contributed by atoms with van der Waals surface area (Å²) < 4.78 is 0. The van der Waals surface area contributed by atoms with Gasteiger partial charge in [-0.25, -0.2) is 4.79 Å². The molecule has 0 radical (unpaired) electrons. The number of carbonyl (C=O) groups excluding carboxylic acids is 1. The van der Waals surface area contributed by atoms with Crippen LogP contribution in [0, 0.1) is 12.8 Å². The van der Waals surface area contributed by atoms with Gasteiger partial charge in [0.05, 0.1) is 0 Å². The van der Waals surface area contributed by atoms with Crippen molar-refractivity contribution in [3.63, 3.8) is 0 Å². The summed E-state index contributed by atoms with van der Waals surface area (Å²) in [7, 11) is 0. The molecule has 0 aliphatic rings. The van der Waals surface area contributed by atoms with Crippen LogP contribution in [-0.2, 0) is 16.0 Å². The zero-order chi connectivity index (χ0) is 15.3. The van der Waals surface area contributed by atoms with Crippen LogP contribution in [0.1, 0.15) is 31.4 Å². The minimum atomic E-state index is -1.01. The number of amides is 1. The van der Waals surface area contributed by atoms with Gasteiger partial charge in [0.1, 0.15) is 6.04 Å². The smallest absolute Gasteiger partial charge is 0.326 e. The Bertz CT molecular complexity index is 500. The molecule has 0 bridgehead atoms. The third-order valence-corrected chi connectivity index (χ3v) is 3.53. The number of rotatable bonds is 6. The minimum Gasteiger partial charge on any atom is -0.480 e. The number of hydrogen-bond acceptors (Lipinski definition) is 2.